The molecule has 1 aliphatic heterocycles. The van der Waals surface area contributed by atoms with Gasteiger partial charge in [-0.1, -0.05) is 30.3 Å². The maximum absolute atomic E-state index is 12.6. The van der Waals surface area contributed by atoms with Crippen LogP contribution in [0.4, 0.5) is 13.2 Å². The second-order valence-corrected chi connectivity index (χ2v) is 6.41. The number of fused-ring (bicyclic) bond motifs is 1. The van der Waals surface area contributed by atoms with Crippen molar-refractivity contribution < 1.29 is 18.0 Å². The van der Waals surface area contributed by atoms with E-state index in [1.165, 1.54) is 0 Å². The molecule has 2 aromatic heterocycles. The van der Waals surface area contributed by atoms with Crippen molar-refractivity contribution in [3.63, 3.8) is 0 Å². The number of pyridine rings is 1. The summed E-state index contributed by atoms with van der Waals surface area (Å²) in [5, 5.41) is 4.52. The lowest BCUT2D eigenvalue weighted by atomic mass is 10.2. The van der Waals surface area contributed by atoms with E-state index in [0.29, 0.717) is 31.9 Å². The average molecular weight is 387 g/mol. The van der Waals surface area contributed by atoms with Gasteiger partial charge in [0.05, 0.1) is 12.1 Å². The summed E-state index contributed by atoms with van der Waals surface area (Å²) in [6.07, 6.45) is -3.04. The summed E-state index contributed by atoms with van der Waals surface area (Å²) >= 11 is 0. The highest BCUT2D eigenvalue weighted by Crippen LogP contribution is 2.27. The number of benzene rings is 1. The Morgan fingerprint density at radius 2 is 1.79 bits per heavy atom. The molecule has 0 saturated heterocycles. The van der Waals surface area contributed by atoms with Crippen molar-refractivity contribution in [2.75, 3.05) is 13.1 Å². The largest absolute Gasteiger partial charge is 0.433 e. The zero-order valence-electron chi connectivity index (χ0n) is 14.7. The van der Waals surface area contributed by atoms with E-state index in [9.17, 15) is 18.0 Å². The Kier molecular flexibility index (Phi) is 4.58. The number of rotatable bonds is 2. The quantitative estimate of drug-likeness (QED) is 0.678. The number of carbonyl (C=O) groups excluding carboxylic acids is 1. The van der Waals surface area contributed by atoms with Crippen molar-refractivity contribution in [3.05, 3.63) is 65.7 Å². The lowest BCUT2D eigenvalue weighted by Crippen LogP contribution is -2.34. The minimum absolute atomic E-state index is 0.130. The Morgan fingerprint density at radius 1 is 1.00 bits per heavy atom. The topological polar surface area (TPSA) is 63.9 Å². The van der Waals surface area contributed by atoms with E-state index in [1.807, 2.05) is 30.3 Å². The van der Waals surface area contributed by atoms with E-state index in [0.717, 1.165) is 29.7 Å². The Morgan fingerprint density at radius 3 is 2.46 bits per heavy atom. The maximum atomic E-state index is 12.6. The van der Waals surface area contributed by atoms with Gasteiger partial charge in [0.25, 0.3) is 5.91 Å². The summed E-state index contributed by atoms with van der Waals surface area (Å²) in [5.41, 5.74) is 0.0370. The number of amides is 1. The van der Waals surface area contributed by atoms with E-state index in [4.69, 9.17) is 0 Å². The van der Waals surface area contributed by atoms with Gasteiger partial charge in [0, 0.05) is 31.3 Å². The van der Waals surface area contributed by atoms with Crippen LogP contribution in [0.3, 0.4) is 0 Å². The molecule has 0 N–H and O–H groups in total. The lowest BCUT2D eigenvalue weighted by molar-refractivity contribution is -0.141. The molecule has 3 aromatic rings. The van der Waals surface area contributed by atoms with Gasteiger partial charge in [0.2, 0.25) is 0 Å². The summed E-state index contributed by atoms with van der Waals surface area (Å²) in [4.78, 5) is 22.1. The molecule has 28 heavy (non-hydrogen) atoms. The smallest absolute Gasteiger partial charge is 0.336 e. The van der Waals surface area contributed by atoms with Crippen molar-refractivity contribution >= 4 is 5.91 Å². The highest BCUT2D eigenvalue weighted by molar-refractivity contribution is 5.94. The molecular weight excluding hydrogens is 371 g/mol. The van der Waals surface area contributed by atoms with Crippen LogP contribution in [0.15, 0.2) is 48.7 Å². The first-order valence-corrected chi connectivity index (χ1v) is 8.73. The van der Waals surface area contributed by atoms with Gasteiger partial charge < -0.3 is 4.90 Å². The van der Waals surface area contributed by atoms with Crippen molar-refractivity contribution in [1.29, 1.82) is 0 Å². The molecule has 1 aromatic carbocycles. The van der Waals surface area contributed by atoms with E-state index >= 15 is 0 Å². The fourth-order valence-electron chi connectivity index (χ4n) is 3.08. The molecule has 0 radical (unpaired) electrons. The minimum atomic E-state index is -4.53. The zero-order chi connectivity index (χ0) is 19.7. The molecule has 0 aliphatic carbocycles. The fourth-order valence-corrected chi connectivity index (χ4v) is 3.08. The average Bonchev–Trinajstić information content (AvgIpc) is 3.01. The second-order valence-electron chi connectivity index (χ2n) is 6.41. The molecule has 3 heterocycles. The number of carbonyl (C=O) groups is 1. The molecule has 0 fully saturated rings. The third-order valence-electron chi connectivity index (χ3n) is 4.56. The fraction of sp³-hybridized carbons (Fsp3) is 0.263. The number of hydrogen-bond acceptors (Lipinski definition) is 4. The second kappa shape index (κ2) is 7.06. The monoisotopic (exact) mass is 387 g/mol. The van der Waals surface area contributed by atoms with Gasteiger partial charge in [-0.3, -0.25) is 9.78 Å². The van der Waals surface area contributed by atoms with Crippen LogP contribution < -0.4 is 0 Å². The van der Waals surface area contributed by atoms with Gasteiger partial charge in [-0.15, -0.1) is 0 Å². The zero-order valence-corrected chi connectivity index (χ0v) is 14.7. The van der Waals surface area contributed by atoms with Crippen molar-refractivity contribution in [2.45, 2.75) is 19.1 Å². The third kappa shape index (κ3) is 3.60. The van der Waals surface area contributed by atoms with Crippen molar-refractivity contribution in [1.82, 2.24) is 24.6 Å². The molecule has 1 amide bonds. The molecular formula is C19H16F3N5O. The molecule has 0 atom stereocenters. The van der Waals surface area contributed by atoms with Gasteiger partial charge in [0.1, 0.15) is 11.5 Å². The Bertz CT molecular complexity index is 958. The number of nitrogens with zero attached hydrogens (tertiary/aromatic N) is 5. The van der Waals surface area contributed by atoms with Crippen molar-refractivity contribution in [3.8, 4) is 11.4 Å². The SMILES string of the molecule is O=C(c1ccc(C(F)(F)F)nc1)N1CCc2nc(-c3ccccc3)nn2CC1. The number of alkyl halides is 3. The number of aromatic nitrogens is 4. The Labute approximate surface area is 158 Å². The molecule has 9 heteroatoms. The molecule has 4 rings (SSSR count). The Balaban J connectivity index is 1.47. The van der Waals surface area contributed by atoms with E-state index in [-0.39, 0.29) is 11.5 Å². The number of hydrogen-bond donors (Lipinski definition) is 0. The van der Waals surface area contributed by atoms with Gasteiger partial charge in [0.15, 0.2) is 5.82 Å². The van der Waals surface area contributed by atoms with Crippen LogP contribution in [-0.2, 0) is 19.1 Å². The van der Waals surface area contributed by atoms with Gasteiger partial charge in [-0.2, -0.15) is 18.3 Å². The van der Waals surface area contributed by atoms with Crippen LogP contribution in [0.25, 0.3) is 11.4 Å². The van der Waals surface area contributed by atoms with Crippen molar-refractivity contribution in [2.24, 2.45) is 0 Å². The summed E-state index contributed by atoms with van der Waals surface area (Å²) in [5.74, 6) is 1.07. The van der Waals surface area contributed by atoms with Crippen LogP contribution in [0, 0.1) is 0 Å². The molecule has 0 saturated carbocycles. The van der Waals surface area contributed by atoms with E-state index in [2.05, 4.69) is 15.1 Å². The van der Waals surface area contributed by atoms with Crippen LogP contribution >= 0.6 is 0 Å². The first kappa shape index (κ1) is 18.1. The molecule has 0 bridgehead atoms. The Hall–Kier alpha value is -3.23. The molecule has 6 nitrogen and oxygen atoms in total. The maximum Gasteiger partial charge on any atom is 0.433 e. The molecule has 144 valence electrons. The van der Waals surface area contributed by atoms with Crippen LogP contribution in [0.5, 0.6) is 0 Å². The molecule has 0 spiro atoms. The van der Waals surface area contributed by atoms with Gasteiger partial charge in [-0.25, -0.2) is 9.67 Å². The molecule has 1 aliphatic rings. The predicted molar refractivity (Wildman–Crippen MR) is 94.3 cm³/mol. The van der Waals surface area contributed by atoms with E-state index < -0.39 is 11.9 Å². The summed E-state index contributed by atoms with van der Waals surface area (Å²) in [6, 6.07) is 11.6. The lowest BCUT2D eigenvalue weighted by Gasteiger charge is -2.20. The third-order valence-corrected chi connectivity index (χ3v) is 4.56. The summed E-state index contributed by atoms with van der Waals surface area (Å²) < 4.78 is 39.7. The normalized spacial score (nSPS) is 14.5. The van der Waals surface area contributed by atoms with Gasteiger partial charge in [-0.05, 0) is 12.1 Å². The minimum Gasteiger partial charge on any atom is -0.336 e. The highest BCUT2D eigenvalue weighted by Gasteiger charge is 2.32. The van der Waals surface area contributed by atoms with Gasteiger partial charge >= 0.3 is 6.18 Å². The van der Waals surface area contributed by atoms with Crippen LogP contribution in [0.1, 0.15) is 21.9 Å². The molecule has 0 unspecified atom stereocenters. The van der Waals surface area contributed by atoms with Crippen LogP contribution in [-0.4, -0.2) is 43.6 Å². The van der Waals surface area contributed by atoms with Crippen LogP contribution in [0.2, 0.25) is 0 Å². The first-order chi connectivity index (χ1) is 13.4. The first-order valence-electron chi connectivity index (χ1n) is 8.73. The summed E-state index contributed by atoms with van der Waals surface area (Å²) in [7, 11) is 0. The van der Waals surface area contributed by atoms with E-state index in [1.54, 1.807) is 9.58 Å². The predicted octanol–water partition coefficient (Wildman–Crippen LogP) is 3.06. The highest BCUT2D eigenvalue weighted by atomic mass is 19.4. The number of halogens is 3. The summed E-state index contributed by atoms with van der Waals surface area (Å²) in [6.45, 7) is 1.27. The standard InChI is InChI=1S/C19H16F3N5O/c20-19(21,22)15-7-6-14(12-23-15)18(28)26-9-8-16-24-17(25-27(16)11-10-26)13-4-2-1-3-5-13/h1-7,12H,8-11H2.